The van der Waals surface area contributed by atoms with Crippen LogP contribution in [-0.2, 0) is 17.8 Å². The van der Waals surface area contributed by atoms with Crippen molar-refractivity contribution in [3.63, 3.8) is 0 Å². The second kappa shape index (κ2) is 10.5. The standard InChI is InChI=1S/C29H27N3O5S/c1-17-10-18(2)26-20(11-17)13-21(27(33)31-26)15-32(14-19-8-9-24-25(12-19)37-16-36-24)29(38)30-23-7-5-4-6-22(23)28(34)35-3/h4-13H,14-16H2,1-3H3,(H,30,38)(H,31,33). The molecule has 0 fully saturated rings. The highest BCUT2D eigenvalue weighted by Crippen LogP contribution is 2.33. The van der Waals surface area contributed by atoms with Crippen LogP contribution < -0.4 is 20.3 Å². The lowest BCUT2D eigenvalue weighted by Gasteiger charge is -2.26. The first-order valence-corrected chi connectivity index (χ1v) is 12.5. The first-order chi connectivity index (χ1) is 18.3. The molecular formula is C29H27N3O5S. The molecule has 0 bridgehead atoms. The Balaban J connectivity index is 1.50. The number of para-hydroxylation sites is 1. The summed E-state index contributed by atoms with van der Waals surface area (Å²) in [7, 11) is 1.33. The molecule has 9 heteroatoms. The van der Waals surface area contributed by atoms with Gasteiger partial charge in [-0.3, -0.25) is 4.79 Å². The third-order valence-electron chi connectivity index (χ3n) is 6.40. The average molecular weight is 530 g/mol. The van der Waals surface area contributed by atoms with Crippen molar-refractivity contribution in [2.75, 3.05) is 19.2 Å². The summed E-state index contributed by atoms with van der Waals surface area (Å²) in [5.41, 5.74) is 5.11. The van der Waals surface area contributed by atoms with Crippen LogP contribution in [0.1, 0.15) is 32.6 Å². The summed E-state index contributed by atoms with van der Waals surface area (Å²) >= 11 is 5.81. The number of aromatic nitrogens is 1. The SMILES string of the molecule is COC(=O)c1ccccc1NC(=S)N(Cc1ccc2c(c1)OCO2)Cc1cc2cc(C)cc(C)c2[nH]c1=O. The van der Waals surface area contributed by atoms with Crippen LogP contribution in [0.25, 0.3) is 10.9 Å². The van der Waals surface area contributed by atoms with E-state index in [0.29, 0.717) is 40.0 Å². The zero-order chi connectivity index (χ0) is 26.8. The van der Waals surface area contributed by atoms with Crippen molar-refractivity contribution in [1.29, 1.82) is 0 Å². The zero-order valence-corrected chi connectivity index (χ0v) is 22.1. The van der Waals surface area contributed by atoms with Crippen LogP contribution in [-0.4, -0.2) is 34.9 Å². The van der Waals surface area contributed by atoms with Gasteiger partial charge in [0.05, 0.1) is 30.4 Å². The zero-order valence-electron chi connectivity index (χ0n) is 21.3. The van der Waals surface area contributed by atoms with E-state index in [2.05, 4.69) is 10.3 Å². The average Bonchev–Trinajstić information content (AvgIpc) is 3.37. The molecule has 4 aromatic rings. The van der Waals surface area contributed by atoms with E-state index in [4.69, 9.17) is 26.4 Å². The van der Waals surface area contributed by atoms with E-state index in [1.807, 2.05) is 55.1 Å². The molecule has 0 atom stereocenters. The van der Waals surface area contributed by atoms with Crippen molar-refractivity contribution in [1.82, 2.24) is 9.88 Å². The number of thiocarbonyl (C=S) groups is 1. The normalized spacial score (nSPS) is 11.9. The molecule has 0 saturated heterocycles. The van der Waals surface area contributed by atoms with Gasteiger partial charge >= 0.3 is 5.97 Å². The number of carbonyl (C=O) groups excluding carboxylic acids is 1. The second-order valence-electron chi connectivity index (χ2n) is 9.18. The van der Waals surface area contributed by atoms with Crippen molar-refractivity contribution >= 4 is 39.9 Å². The summed E-state index contributed by atoms with van der Waals surface area (Å²) in [6.45, 7) is 4.81. The van der Waals surface area contributed by atoms with Gasteiger partial charge in [0.25, 0.3) is 5.56 Å². The van der Waals surface area contributed by atoms with Gasteiger partial charge in [-0.2, -0.15) is 0 Å². The Hall–Kier alpha value is -4.37. The van der Waals surface area contributed by atoms with Gasteiger partial charge in [-0.1, -0.05) is 29.8 Å². The first kappa shape index (κ1) is 25.3. The molecule has 8 nitrogen and oxygen atoms in total. The fourth-order valence-electron chi connectivity index (χ4n) is 4.59. The minimum absolute atomic E-state index is 0.179. The minimum Gasteiger partial charge on any atom is -0.465 e. The highest BCUT2D eigenvalue weighted by Gasteiger charge is 2.20. The van der Waals surface area contributed by atoms with Gasteiger partial charge in [0.2, 0.25) is 6.79 Å². The van der Waals surface area contributed by atoms with Crippen LogP contribution >= 0.6 is 12.2 Å². The number of carbonyl (C=O) groups is 1. The van der Waals surface area contributed by atoms with Crippen molar-refractivity contribution in [3.05, 3.63) is 98.8 Å². The van der Waals surface area contributed by atoms with Crippen LogP contribution in [0.2, 0.25) is 0 Å². The predicted octanol–water partition coefficient (Wildman–Crippen LogP) is 5.06. The van der Waals surface area contributed by atoms with Gasteiger partial charge in [-0.25, -0.2) is 4.79 Å². The molecule has 1 aliphatic rings. The largest absolute Gasteiger partial charge is 0.465 e. The summed E-state index contributed by atoms with van der Waals surface area (Å²) in [6, 6.07) is 18.7. The number of rotatable bonds is 6. The smallest absolute Gasteiger partial charge is 0.339 e. The molecule has 2 heterocycles. The van der Waals surface area contributed by atoms with Crippen LogP contribution in [0.4, 0.5) is 5.69 Å². The summed E-state index contributed by atoms with van der Waals surface area (Å²) in [6.07, 6.45) is 0. The van der Waals surface area contributed by atoms with Crippen molar-refractivity contribution in [3.8, 4) is 11.5 Å². The third-order valence-corrected chi connectivity index (χ3v) is 6.76. The summed E-state index contributed by atoms with van der Waals surface area (Å²) in [4.78, 5) is 30.3. The molecule has 194 valence electrons. The van der Waals surface area contributed by atoms with Crippen molar-refractivity contribution in [2.45, 2.75) is 26.9 Å². The molecule has 0 unspecified atom stereocenters. The Labute approximate surface area is 225 Å². The summed E-state index contributed by atoms with van der Waals surface area (Å²) < 4.78 is 15.9. The molecule has 2 N–H and O–H groups in total. The number of methoxy groups -OCH3 is 1. The number of hydrogen-bond donors (Lipinski definition) is 2. The number of hydrogen-bond acceptors (Lipinski definition) is 6. The lowest BCUT2D eigenvalue weighted by molar-refractivity contribution is 0.0602. The fraction of sp³-hybridized carbons (Fsp3) is 0.207. The lowest BCUT2D eigenvalue weighted by Crippen LogP contribution is -2.36. The fourth-order valence-corrected chi connectivity index (χ4v) is 4.83. The van der Waals surface area contributed by atoms with E-state index in [9.17, 15) is 9.59 Å². The van der Waals surface area contributed by atoms with Crippen LogP contribution in [0.3, 0.4) is 0 Å². The highest BCUT2D eigenvalue weighted by atomic mass is 32.1. The number of anilines is 1. The molecule has 0 saturated carbocycles. The van der Waals surface area contributed by atoms with Crippen molar-refractivity contribution in [2.24, 2.45) is 0 Å². The van der Waals surface area contributed by atoms with Crippen LogP contribution in [0.5, 0.6) is 11.5 Å². The minimum atomic E-state index is -0.477. The molecule has 0 spiro atoms. The van der Waals surface area contributed by atoms with E-state index in [-0.39, 0.29) is 18.9 Å². The lowest BCUT2D eigenvalue weighted by atomic mass is 10.0. The van der Waals surface area contributed by atoms with Crippen LogP contribution in [0.15, 0.2) is 65.5 Å². The maximum Gasteiger partial charge on any atom is 0.339 e. The Kier molecular flexibility index (Phi) is 7.02. The van der Waals surface area contributed by atoms with Gasteiger partial charge in [-0.05, 0) is 79.0 Å². The van der Waals surface area contributed by atoms with Crippen LogP contribution in [0, 0.1) is 13.8 Å². The number of esters is 1. The molecule has 0 radical (unpaired) electrons. The van der Waals surface area contributed by atoms with Gasteiger partial charge in [0.15, 0.2) is 16.6 Å². The van der Waals surface area contributed by atoms with E-state index in [0.717, 1.165) is 27.6 Å². The maximum atomic E-state index is 13.1. The number of aromatic amines is 1. The molecular weight excluding hydrogens is 502 g/mol. The van der Waals surface area contributed by atoms with E-state index in [1.165, 1.54) is 7.11 Å². The van der Waals surface area contributed by atoms with Crippen molar-refractivity contribution < 1.29 is 19.0 Å². The molecule has 1 aliphatic heterocycles. The first-order valence-electron chi connectivity index (χ1n) is 12.1. The van der Waals surface area contributed by atoms with E-state index < -0.39 is 5.97 Å². The second-order valence-corrected chi connectivity index (χ2v) is 9.57. The number of H-pyrrole nitrogens is 1. The number of benzene rings is 3. The van der Waals surface area contributed by atoms with Gasteiger partial charge < -0.3 is 29.4 Å². The topological polar surface area (TPSA) is 92.9 Å². The van der Waals surface area contributed by atoms with E-state index >= 15 is 0 Å². The summed E-state index contributed by atoms with van der Waals surface area (Å²) in [5, 5.41) is 4.48. The number of pyridine rings is 1. The number of aryl methyl sites for hydroxylation is 2. The number of nitrogens with one attached hydrogen (secondary N) is 2. The molecule has 3 aromatic carbocycles. The Morgan fingerprint density at radius 1 is 1.05 bits per heavy atom. The third kappa shape index (κ3) is 5.19. The molecule has 1 aromatic heterocycles. The molecule has 0 amide bonds. The predicted molar refractivity (Wildman–Crippen MR) is 150 cm³/mol. The van der Waals surface area contributed by atoms with Gasteiger partial charge in [-0.15, -0.1) is 0 Å². The number of fused-ring (bicyclic) bond motifs is 2. The van der Waals surface area contributed by atoms with Gasteiger partial charge in [0, 0.05) is 12.1 Å². The molecule has 0 aliphatic carbocycles. The number of nitrogens with zero attached hydrogens (tertiary/aromatic N) is 1. The maximum absolute atomic E-state index is 13.1. The highest BCUT2D eigenvalue weighted by molar-refractivity contribution is 7.80. The summed E-state index contributed by atoms with van der Waals surface area (Å²) in [5.74, 6) is 0.867. The number of ether oxygens (including phenoxy) is 3. The van der Waals surface area contributed by atoms with E-state index in [1.54, 1.807) is 24.3 Å². The van der Waals surface area contributed by atoms with Gasteiger partial charge in [0.1, 0.15) is 0 Å². The Morgan fingerprint density at radius 3 is 2.66 bits per heavy atom. The monoisotopic (exact) mass is 529 g/mol. The Morgan fingerprint density at radius 2 is 1.84 bits per heavy atom. The molecule has 38 heavy (non-hydrogen) atoms. The quantitative estimate of drug-likeness (QED) is 0.265. The molecule has 5 rings (SSSR count). The Bertz CT molecular complexity index is 1610.